The number of nitriles is 1. The van der Waals surface area contributed by atoms with Crippen LogP contribution in [0.5, 0.6) is 0 Å². The van der Waals surface area contributed by atoms with E-state index in [1.807, 2.05) is 17.4 Å². The van der Waals surface area contributed by atoms with E-state index < -0.39 is 0 Å². The van der Waals surface area contributed by atoms with Crippen LogP contribution in [0.1, 0.15) is 36.7 Å². The molecule has 0 aliphatic carbocycles. The van der Waals surface area contributed by atoms with Crippen molar-refractivity contribution in [3.63, 3.8) is 0 Å². The third kappa shape index (κ3) is 2.63. The summed E-state index contributed by atoms with van der Waals surface area (Å²) in [6, 6.07) is 11.1. The molecule has 2 atom stereocenters. The van der Waals surface area contributed by atoms with E-state index in [9.17, 15) is 0 Å². The zero-order valence-corrected chi connectivity index (χ0v) is 11.7. The topological polar surface area (TPSA) is 41.1 Å². The van der Waals surface area contributed by atoms with Gasteiger partial charge in [-0.2, -0.15) is 5.26 Å². The van der Waals surface area contributed by atoms with Gasteiger partial charge in [-0.05, 0) is 25.0 Å². The molecule has 0 spiro atoms. The summed E-state index contributed by atoms with van der Waals surface area (Å²) in [6.45, 7) is 2.14. The quantitative estimate of drug-likeness (QED) is 0.931. The van der Waals surface area contributed by atoms with Crippen LogP contribution in [0, 0.1) is 11.3 Å². The maximum Gasteiger partial charge on any atom is 0.151 e. The Hall–Kier alpha value is -1.44. The van der Waals surface area contributed by atoms with Gasteiger partial charge in [0.15, 0.2) is 5.01 Å². The van der Waals surface area contributed by atoms with Gasteiger partial charge in [-0.1, -0.05) is 12.1 Å². The Bertz CT molecular complexity index is 566. The predicted octanol–water partition coefficient (Wildman–Crippen LogP) is 2.32. The zero-order chi connectivity index (χ0) is 13.1. The minimum Gasteiger partial charge on any atom is -0.326 e. The fourth-order valence-corrected chi connectivity index (χ4v) is 4.09. The van der Waals surface area contributed by atoms with Gasteiger partial charge in [-0.25, -0.2) is 4.98 Å². The lowest BCUT2D eigenvalue weighted by molar-refractivity contribution is -0.936. The van der Waals surface area contributed by atoms with Gasteiger partial charge in [0.1, 0.15) is 6.04 Å². The number of hydrogen-bond donors (Lipinski definition) is 1. The summed E-state index contributed by atoms with van der Waals surface area (Å²) in [5.41, 5.74) is 1.12. The van der Waals surface area contributed by atoms with E-state index in [0.29, 0.717) is 12.5 Å². The first kappa shape index (κ1) is 12.6. The zero-order valence-electron chi connectivity index (χ0n) is 10.9. The fraction of sp³-hybridized carbons (Fsp3) is 0.467. The number of nitrogens with one attached hydrogen (secondary N) is 1. The molecular formula is C15H18N3S+. The normalized spacial score (nSPS) is 23.3. The number of piperidine rings is 1. The van der Waals surface area contributed by atoms with Crippen LogP contribution in [-0.2, 0) is 0 Å². The lowest BCUT2D eigenvalue weighted by Crippen LogP contribution is -3.13. The minimum absolute atomic E-state index is 0.500. The van der Waals surface area contributed by atoms with E-state index in [2.05, 4.69) is 24.3 Å². The molecule has 19 heavy (non-hydrogen) atoms. The number of para-hydroxylation sites is 1. The van der Waals surface area contributed by atoms with Crippen LogP contribution in [0.2, 0.25) is 0 Å². The maximum atomic E-state index is 8.79. The van der Waals surface area contributed by atoms with Crippen LogP contribution in [0.3, 0.4) is 0 Å². The molecular weight excluding hydrogens is 254 g/mol. The predicted molar refractivity (Wildman–Crippen MR) is 77.1 cm³/mol. The molecule has 4 heteroatoms. The molecule has 98 valence electrons. The first-order valence-corrected chi connectivity index (χ1v) is 7.77. The highest BCUT2D eigenvalue weighted by atomic mass is 32.1. The van der Waals surface area contributed by atoms with E-state index >= 15 is 0 Å². The smallest absolute Gasteiger partial charge is 0.151 e. The average Bonchev–Trinajstić information content (AvgIpc) is 2.89. The Morgan fingerprint density at radius 1 is 1.37 bits per heavy atom. The molecule has 1 aliphatic rings. The van der Waals surface area contributed by atoms with E-state index in [1.54, 1.807) is 4.90 Å². The van der Waals surface area contributed by atoms with Crippen molar-refractivity contribution >= 4 is 21.6 Å². The fourth-order valence-electron chi connectivity index (χ4n) is 2.93. The summed E-state index contributed by atoms with van der Waals surface area (Å²) < 4.78 is 1.28. The van der Waals surface area contributed by atoms with E-state index in [4.69, 9.17) is 10.2 Å². The van der Waals surface area contributed by atoms with E-state index in [-0.39, 0.29) is 0 Å². The Balaban J connectivity index is 1.87. The summed E-state index contributed by atoms with van der Waals surface area (Å²) in [7, 11) is 0. The summed E-state index contributed by atoms with van der Waals surface area (Å²) in [6.07, 6.45) is 4.43. The van der Waals surface area contributed by atoms with Gasteiger partial charge in [0.25, 0.3) is 0 Å². The molecule has 1 fully saturated rings. The molecule has 1 aromatic heterocycles. The summed E-state index contributed by atoms with van der Waals surface area (Å²) in [5.74, 6) is 0. The van der Waals surface area contributed by atoms with Crippen LogP contribution in [0.25, 0.3) is 10.2 Å². The van der Waals surface area contributed by atoms with Gasteiger partial charge < -0.3 is 4.90 Å². The van der Waals surface area contributed by atoms with Crippen LogP contribution in [0.4, 0.5) is 0 Å². The van der Waals surface area contributed by atoms with Crippen molar-refractivity contribution in [1.29, 1.82) is 5.26 Å². The molecule has 0 amide bonds. The third-order valence-corrected chi connectivity index (χ3v) is 5.05. The highest BCUT2D eigenvalue weighted by Crippen LogP contribution is 2.28. The van der Waals surface area contributed by atoms with Crippen LogP contribution in [0.15, 0.2) is 24.3 Å². The van der Waals surface area contributed by atoms with Crippen molar-refractivity contribution in [1.82, 2.24) is 4.98 Å². The molecule has 1 saturated heterocycles. The van der Waals surface area contributed by atoms with Crippen molar-refractivity contribution < 1.29 is 4.90 Å². The largest absolute Gasteiger partial charge is 0.326 e. The Labute approximate surface area is 117 Å². The molecule has 3 rings (SSSR count). The monoisotopic (exact) mass is 272 g/mol. The molecule has 1 aliphatic heterocycles. The van der Waals surface area contributed by atoms with Crippen LogP contribution in [-0.4, -0.2) is 18.1 Å². The van der Waals surface area contributed by atoms with Crippen molar-refractivity contribution in [3.05, 3.63) is 29.3 Å². The molecule has 3 nitrogen and oxygen atoms in total. The highest BCUT2D eigenvalue weighted by Gasteiger charge is 2.29. The standard InChI is InChI=1S/C15H17N3S/c16-9-5-11-18-10-4-3-7-13(18)15-17-12-6-1-2-8-14(12)19-15/h1-2,6,8,13H,3-5,7,10-11H2/p+1/t13-/m1/s1. The number of quaternary nitrogens is 1. The van der Waals surface area contributed by atoms with Crippen molar-refractivity contribution in [2.24, 2.45) is 0 Å². The Kier molecular flexibility index (Phi) is 3.77. The summed E-state index contributed by atoms with van der Waals surface area (Å²) in [4.78, 5) is 6.36. The SMILES string of the molecule is N#CCC[NH+]1CCCC[C@@H]1c1nc2ccccc2s1. The molecule has 1 N–H and O–H groups in total. The summed E-state index contributed by atoms with van der Waals surface area (Å²) in [5, 5.41) is 10.0. The van der Waals surface area contributed by atoms with E-state index in [1.165, 1.54) is 35.5 Å². The second-order valence-corrected chi connectivity index (χ2v) is 6.20. The molecule has 2 heterocycles. The number of hydrogen-bond acceptors (Lipinski definition) is 3. The Morgan fingerprint density at radius 3 is 3.11 bits per heavy atom. The minimum atomic E-state index is 0.500. The lowest BCUT2D eigenvalue weighted by Gasteiger charge is -2.30. The highest BCUT2D eigenvalue weighted by molar-refractivity contribution is 7.18. The van der Waals surface area contributed by atoms with Crippen LogP contribution >= 0.6 is 11.3 Å². The Morgan fingerprint density at radius 2 is 2.26 bits per heavy atom. The number of nitrogens with zero attached hydrogens (tertiary/aromatic N) is 2. The number of thiazole rings is 1. The van der Waals surface area contributed by atoms with Gasteiger partial charge in [-0.3, -0.25) is 0 Å². The second kappa shape index (κ2) is 5.68. The van der Waals surface area contributed by atoms with Gasteiger partial charge in [0.2, 0.25) is 0 Å². The molecule has 0 bridgehead atoms. The molecule has 1 unspecified atom stereocenters. The van der Waals surface area contributed by atoms with Crippen molar-refractivity contribution in [2.75, 3.05) is 13.1 Å². The first-order valence-electron chi connectivity index (χ1n) is 6.95. The van der Waals surface area contributed by atoms with Gasteiger partial charge in [-0.15, -0.1) is 11.3 Å². The maximum absolute atomic E-state index is 8.79. The van der Waals surface area contributed by atoms with Crippen LogP contribution < -0.4 is 4.90 Å². The number of likely N-dealkylation sites (tertiary alicyclic amines) is 1. The first-order chi connectivity index (χ1) is 9.38. The van der Waals surface area contributed by atoms with Crippen molar-refractivity contribution in [2.45, 2.75) is 31.7 Å². The molecule has 0 saturated carbocycles. The molecule has 2 aromatic rings. The third-order valence-electron chi connectivity index (χ3n) is 3.90. The van der Waals surface area contributed by atoms with Gasteiger partial charge in [0.05, 0.1) is 35.8 Å². The van der Waals surface area contributed by atoms with Gasteiger partial charge in [0, 0.05) is 6.42 Å². The number of fused-ring (bicyclic) bond motifs is 1. The average molecular weight is 272 g/mol. The number of rotatable bonds is 3. The lowest BCUT2D eigenvalue weighted by atomic mass is 10.0. The number of aromatic nitrogens is 1. The summed E-state index contributed by atoms with van der Waals surface area (Å²) >= 11 is 1.83. The number of benzene rings is 1. The second-order valence-electron chi connectivity index (χ2n) is 5.13. The van der Waals surface area contributed by atoms with E-state index in [0.717, 1.165) is 12.1 Å². The van der Waals surface area contributed by atoms with Gasteiger partial charge >= 0.3 is 0 Å². The molecule has 0 radical (unpaired) electrons. The molecule has 1 aromatic carbocycles. The van der Waals surface area contributed by atoms with Crippen molar-refractivity contribution in [3.8, 4) is 6.07 Å².